The lowest BCUT2D eigenvalue weighted by Gasteiger charge is -2.32. The van der Waals surface area contributed by atoms with E-state index in [1.54, 1.807) is 4.90 Å². The van der Waals surface area contributed by atoms with Crippen LogP contribution in [0.1, 0.15) is 56.4 Å². The first-order chi connectivity index (χ1) is 10.3. The first-order valence-corrected chi connectivity index (χ1v) is 7.94. The molecule has 0 unspecified atom stereocenters. The molecule has 6 nitrogen and oxygen atoms in total. The van der Waals surface area contributed by atoms with Crippen LogP contribution in [0.25, 0.3) is 0 Å². The zero-order chi connectivity index (χ0) is 16.5. The van der Waals surface area contributed by atoms with E-state index in [4.69, 9.17) is 0 Å². The lowest BCUT2D eigenvalue weighted by molar-refractivity contribution is -0.140. The van der Waals surface area contributed by atoms with Crippen LogP contribution in [-0.4, -0.2) is 51.4 Å². The predicted octanol–water partition coefficient (Wildman–Crippen LogP) is 1.82. The minimum atomic E-state index is -0.412. The first kappa shape index (κ1) is 16.5. The highest BCUT2D eigenvalue weighted by atomic mass is 16.2. The molecule has 2 rings (SSSR count). The van der Waals surface area contributed by atoms with Gasteiger partial charge in [0.1, 0.15) is 0 Å². The molecule has 0 aliphatic carbocycles. The molecule has 0 radical (unpaired) electrons. The van der Waals surface area contributed by atoms with E-state index < -0.39 is 5.41 Å². The maximum atomic E-state index is 12.6. The number of amides is 2. The van der Waals surface area contributed by atoms with Crippen molar-refractivity contribution in [3.63, 3.8) is 0 Å². The number of fused-ring (bicyclic) bond motifs is 1. The van der Waals surface area contributed by atoms with Gasteiger partial charge in [0.25, 0.3) is 5.91 Å². The van der Waals surface area contributed by atoms with Gasteiger partial charge in [-0.15, -0.1) is 0 Å². The maximum Gasteiger partial charge on any atom is 0.274 e. The Balaban J connectivity index is 2.26. The van der Waals surface area contributed by atoms with E-state index in [-0.39, 0.29) is 11.8 Å². The molecular weight excluding hydrogens is 280 g/mol. The Morgan fingerprint density at radius 3 is 2.45 bits per heavy atom. The quantitative estimate of drug-likeness (QED) is 0.926. The van der Waals surface area contributed by atoms with E-state index in [1.807, 2.05) is 39.5 Å². The van der Waals surface area contributed by atoms with Crippen LogP contribution in [0.5, 0.6) is 0 Å². The molecule has 22 heavy (non-hydrogen) atoms. The van der Waals surface area contributed by atoms with Gasteiger partial charge in [0.05, 0.1) is 0 Å². The van der Waals surface area contributed by atoms with Gasteiger partial charge in [-0.1, -0.05) is 20.8 Å². The van der Waals surface area contributed by atoms with Gasteiger partial charge in [-0.3, -0.25) is 14.7 Å². The van der Waals surface area contributed by atoms with E-state index in [2.05, 4.69) is 10.2 Å². The molecule has 0 aromatic carbocycles. The summed E-state index contributed by atoms with van der Waals surface area (Å²) in [5.74, 6) is 0.0492. The SMILES string of the molecule is CCN(CC)C(=O)c1n[nH]c2c1CN(C(=O)C(C)(C)C)CC2. The highest BCUT2D eigenvalue weighted by molar-refractivity contribution is 5.94. The van der Waals surface area contributed by atoms with Crippen LogP contribution in [0.4, 0.5) is 0 Å². The topological polar surface area (TPSA) is 69.3 Å². The lowest BCUT2D eigenvalue weighted by Crippen LogP contribution is -2.43. The van der Waals surface area contributed by atoms with Gasteiger partial charge in [0, 0.05) is 49.3 Å². The summed E-state index contributed by atoms with van der Waals surface area (Å²) in [5, 5.41) is 7.19. The Morgan fingerprint density at radius 1 is 1.27 bits per heavy atom. The van der Waals surface area contributed by atoms with Crippen molar-refractivity contribution in [1.29, 1.82) is 0 Å². The minimum Gasteiger partial charge on any atom is -0.338 e. The molecule has 2 amide bonds. The number of carbonyl (C=O) groups is 2. The summed E-state index contributed by atoms with van der Waals surface area (Å²) in [6, 6.07) is 0. The second-order valence-electron chi connectivity index (χ2n) is 6.73. The molecule has 0 atom stereocenters. The van der Waals surface area contributed by atoms with Crippen LogP contribution >= 0.6 is 0 Å². The second-order valence-corrected chi connectivity index (χ2v) is 6.73. The molecule has 1 aliphatic rings. The zero-order valence-corrected chi connectivity index (χ0v) is 14.2. The molecule has 0 saturated heterocycles. The maximum absolute atomic E-state index is 12.6. The van der Waals surface area contributed by atoms with Crippen molar-refractivity contribution in [3.8, 4) is 0 Å². The third-order valence-corrected chi connectivity index (χ3v) is 4.12. The van der Waals surface area contributed by atoms with E-state index in [1.165, 1.54) is 0 Å². The van der Waals surface area contributed by atoms with Gasteiger partial charge in [-0.2, -0.15) is 5.10 Å². The van der Waals surface area contributed by atoms with E-state index in [0.717, 1.165) is 17.7 Å². The second kappa shape index (κ2) is 6.10. The van der Waals surface area contributed by atoms with E-state index >= 15 is 0 Å². The molecule has 0 fully saturated rings. The van der Waals surface area contributed by atoms with E-state index in [0.29, 0.717) is 31.9 Å². The number of aromatic nitrogens is 2. The number of nitrogens with one attached hydrogen (secondary N) is 1. The van der Waals surface area contributed by atoms with Crippen LogP contribution < -0.4 is 0 Å². The largest absolute Gasteiger partial charge is 0.338 e. The summed E-state index contributed by atoms with van der Waals surface area (Å²) in [4.78, 5) is 28.6. The monoisotopic (exact) mass is 306 g/mol. The standard InChI is InChI=1S/C16H26N4O2/c1-6-19(7-2)14(21)13-11-10-20(15(22)16(3,4)5)9-8-12(11)17-18-13/h6-10H2,1-5H3,(H,17,18). The Morgan fingerprint density at radius 2 is 1.91 bits per heavy atom. The van der Waals surface area contributed by atoms with Crippen molar-refractivity contribution >= 4 is 11.8 Å². The van der Waals surface area contributed by atoms with Crippen LogP contribution in [0.3, 0.4) is 0 Å². The summed E-state index contributed by atoms with van der Waals surface area (Å²) in [6.07, 6.45) is 0.718. The Bertz CT molecular complexity index is 567. The number of hydrogen-bond donors (Lipinski definition) is 1. The van der Waals surface area contributed by atoms with Gasteiger partial charge in [-0.25, -0.2) is 0 Å². The van der Waals surface area contributed by atoms with Gasteiger partial charge in [0.2, 0.25) is 5.91 Å². The fourth-order valence-corrected chi connectivity index (χ4v) is 2.78. The molecule has 0 spiro atoms. The van der Waals surface area contributed by atoms with Crippen LogP contribution in [0.15, 0.2) is 0 Å². The van der Waals surface area contributed by atoms with Crippen molar-refractivity contribution in [2.24, 2.45) is 5.41 Å². The van der Waals surface area contributed by atoms with Gasteiger partial charge >= 0.3 is 0 Å². The number of H-pyrrole nitrogens is 1. The summed E-state index contributed by atoms with van der Waals surface area (Å²) in [7, 11) is 0. The number of carbonyl (C=O) groups excluding carboxylic acids is 2. The fourth-order valence-electron chi connectivity index (χ4n) is 2.78. The molecule has 122 valence electrons. The van der Waals surface area contributed by atoms with Crippen molar-refractivity contribution in [2.45, 2.75) is 47.6 Å². The molecule has 0 saturated carbocycles. The van der Waals surface area contributed by atoms with Crippen molar-refractivity contribution < 1.29 is 9.59 Å². The van der Waals surface area contributed by atoms with Crippen LogP contribution in [0, 0.1) is 5.41 Å². The molecule has 1 aromatic rings. The Kier molecular flexibility index (Phi) is 4.58. The van der Waals surface area contributed by atoms with Crippen molar-refractivity contribution in [3.05, 3.63) is 17.0 Å². The van der Waals surface area contributed by atoms with Crippen LogP contribution in [0.2, 0.25) is 0 Å². The smallest absolute Gasteiger partial charge is 0.274 e. The number of aromatic amines is 1. The summed E-state index contributed by atoms with van der Waals surface area (Å²) in [5.41, 5.74) is 1.91. The molecule has 2 heterocycles. The summed E-state index contributed by atoms with van der Waals surface area (Å²) >= 11 is 0. The molecule has 0 bridgehead atoms. The lowest BCUT2D eigenvalue weighted by atomic mass is 9.93. The predicted molar refractivity (Wildman–Crippen MR) is 84.4 cm³/mol. The van der Waals surface area contributed by atoms with Gasteiger partial charge < -0.3 is 9.80 Å². The average Bonchev–Trinajstić information content (AvgIpc) is 2.89. The highest BCUT2D eigenvalue weighted by Gasteiger charge is 2.33. The molecular formula is C16H26N4O2. The third kappa shape index (κ3) is 3.00. The zero-order valence-electron chi connectivity index (χ0n) is 14.2. The third-order valence-electron chi connectivity index (χ3n) is 4.12. The van der Waals surface area contributed by atoms with Crippen LogP contribution in [-0.2, 0) is 17.8 Å². The number of hydrogen-bond acceptors (Lipinski definition) is 3. The number of rotatable bonds is 3. The molecule has 1 aliphatic heterocycles. The molecule has 1 aromatic heterocycles. The normalized spacial score (nSPS) is 14.7. The van der Waals surface area contributed by atoms with E-state index in [9.17, 15) is 9.59 Å². The average molecular weight is 306 g/mol. The first-order valence-electron chi connectivity index (χ1n) is 7.94. The Labute approximate surface area is 131 Å². The minimum absolute atomic E-state index is 0.0624. The van der Waals surface area contributed by atoms with Crippen molar-refractivity contribution in [1.82, 2.24) is 20.0 Å². The van der Waals surface area contributed by atoms with Gasteiger partial charge in [0.15, 0.2) is 5.69 Å². The summed E-state index contributed by atoms with van der Waals surface area (Å²) in [6.45, 7) is 12.1. The van der Waals surface area contributed by atoms with Crippen molar-refractivity contribution in [2.75, 3.05) is 19.6 Å². The molecule has 6 heteroatoms. The fraction of sp³-hybridized carbons (Fsp3) is 0.688. The van der Waals surface area contributed by atoms with Gasteiger partial charge in [-0.05, 0) is 13.8 Å². The Hall–Kier alpha value is -1.85. The summed E-state index contributed by atoms with van der Waals surface area (Å²) < 4.78 is 0. The molecule has 1 N–H and O–H groups in total. The highest BCUT2D eigenvalue weighted by Crippen LogP contribution is 2.26. The number of nitrogens with zero attached hydrogens (tertiary/aromatic N) is 3.